The summed E-state index contributed by atoms with van der Waals surface area (Å²) >= 11 is 0. The fraction of sp³-hybridized carbons (Fsp3) is 0.857. The minimum Gasteiger partial charge on any atom is -0.378 e. The quantitative estimate of drug-likeness (QED) is 0.547. The van der Waals surface area contributed by atoms with Gasteiger partial charge in [0, 0.05) is 13.1 Å². The summed E-state index contributed by atoms with van der Waals surface area (Å²) in [4.78, 5) is 3.86. The maximum atomic E-state index is 8.93. The number of hydrogen-bond donors (Lipinski definition) is 1. The van der Waals surface area contributed by atoms with Crippen molar-refractivity contribution in [1.29, 1.82) is 0 Å². The second kappa shape index (κ2) is 4.66. The van der Waals surface area contributed by atoms with Crippen molar-refractivity contribution in [2.75, 3.05) is 34.2 Å². The molecule has 0 aliphatic carbocycles. The molecule has 0 aromatic rings. The number of nitrogens with zero attached hydrogens (tertiary/aromatic N) is 2. The molecule has 1 unspecified atom stereocenters. The van der Waals surface area contributed by atoms with Gasteiger partial charge in [-0.3, -0.25) is 4.90 Å². The molecule has 0 spiro atoms. The van der Waals surface area contributed by atoms with Crippen LogP contribution < -0.4 is 0 Å². The minimum absolute atomic E-state index is 0.583. The Hall–Kier alpha value is -0.120. The molecule has 0 amide bonds. The summed E-state index contributed by atoms with van der Waals surface area (Å²) in [5, 5.41) is 8.93. The summed E-state index contributed by atoms with van der Waals surface area (Å²) in [6, 6.07) is 0. The predicted octanol–water partition coefficient (Wildman–Crippen LogP) is -0.368. The van der Waals surface area contributed by atoms with Gasteiger partial charge in [-0.05, 0) is 28.1 Å². The van der Waals surface area contributed by atoms with Crippen molar-refractivity contribution in [3.05, 3.63) is 6.92 Å². The molecule has 0 heterocycles. The second-order valence-electron chi connectivity index (χ2n) is 2.76. The van der Waals surface area contributed by atoms with E-state index in [1.807, 2.05) is 21.1 Å². The van der Waals surface area contributed by atoms with Crippen LogP contribution in [-0.4, -0.2) is 55.4 Å². The smallest absolute Gasteiger partial charge is 0.107 e. The average molecular weight is 145 g/mol. The SMILES string of the molecule is [CH2]C(O)N(C)CCN(C)C. The van der Waals surface area contributed by atoms with E-state index >= 15 is 0 Å². The molecule has 61 valence electrons. The van der Waals surface area contributed by atoms with Gasteiger partial charge in [0.15, 0.2) is 0 Å². The van der Waals surface area contributed by atoms with Crippen LogP contribution in [0.5, 0.6) is 0 Å². The summed E-state index contributed by atoms with van der Waals surface area (Å²) in [6.07, 6.45) is -0.583. The van der Waals surface area contributed by atoms with Gasteiger partial charge in [-0.15, -0.1) is 0 Å². The molecule has 1 radical (unpaired) electrons. The van der Waals surface area contributed by atoms with Crippen molar-refractivity contribution in [2.24, 2.45) is 0 Å². The van der Waals surface area contributed by atoms with Gasteiger partial charge in [-0.25, -0.2) is 0 Å². The van der Waals surface area contributed by atoms with E-state index in [1.54, 1.807) is 4.90 Å². The molecular weight excluding hydrogens is 128 g/mol. The van der Waals surface area contributed by atoms with Gasteiger partial charge in [-0.1, -0.05) is 0 Å². The van der Waals surface area contributed by atoms with Gasteiger partial charge in [0.05, 0.1) is 0 Å². The van der Waals surface area contributed by atoms with Crippen molar-refractivity contribution >= 4 is 0 Å². The first kappa shape index (κ1) is 9.88. The van der Waals surface area contributed by atoms with Gasteiger partial charge < -0.3 is 10.0 Å². The highest BCUT2D eigenvalue weighted by Gasteiger charge is 2.03. The van der Waals surface area contributed by atoms with Crippen LogP contribution in [0.2, 0.25) is 0 Å². The van der Waals surface area contributed by atoms with Gasteiger partial charge in [0.1, 0.15) is 6.23 Å². The number of hydrogen-bond acceptors (Lipinski definition) is 3. The number of likely N-dealkylation sites (N-methyl/N-ethyl adjacent to an activating group) is 2. The molecule has 3 nitrogen and oxygen atoms in total. The summed E-state index contributed by atoms with van der Waals surface area (Å²) in [5.41, 5.74) is 0. The monoisotopic (exact) mass is 145 g/mol. The lowest BCUT2D eigenvalue weighted by atomic mass is 10.5. The highest BCUT2D eigenvalue weighted by atomic mass is 16.3. The molecule has 0 fully saturated rings. The van der Waals surface area contributed by atoms with Crippen LogP contribution in [0.3, 0.4) is 0 Å². The third-order valence-electron chi connectivity index (χ3n) is 1.41. The van der Waals surface area contributed by atoms with Crippen LogP contribution in [0.15, 0.2) is 0 Å². The Labute approximate surface area is 63.2 Å². The highest BCUT2D eigenvalue weighted by Crippen LogP contribution is 1.88. The molecule has 0 rings (SSSR count). The van der Waals surface area contributed by atoms with Gasteiger partial charge in [-0.2, -0.15) is 0 Å². The van der Waals surface area contributed by atoms with E-state index < -0.39 is 6.23 Å². The Morgan fingerprint density at radius 3 is 2.10 bits per heavy atom. The highest BCUT2D eigenvalue weighted by molar-refractivity contribution is 4.58. The lowest BCUT2D eigenvalue weighted by Crippen LogP contribution is -2.34. The van der Waals surface area contributed by atoms with Crippen LogP contribution in [0.25, 0.3) is 0 Å². The van der Waals surface area contributed by atoms with Crippen molar-refractivity contribution in [1.82, 2.24) is 9.80 Å². The zero-order valence-electron chi connectivity index (χ0n) is 7.04. The van der Waals surface area contributed by atoms with Crippen LogP contribution >= 0.6 is 0 Å². The van der Waals surface area contributed by atoms with Gasteiger partial charge >= 0.3 is 0 Å². The normalized spacial score (nSPS) is 14.7. The first-order chi connectivity index (χ1) is 4.54. The molecule has 0 bridgehead atoms. The Balaban J connectivity index is 3.30. The van der Waals surface area contributed by atoms with E-state index in [0.717, 1.165) is 13.1 Å². The molecule has 0 aliphatic rings. The van der Waals surface area contributed by atoms with Crippen LogP contribution in [0.4, 0.5) is 0 Å². The maximum absolute atomic E-state index is 8.93. The molecule has 3 heteroatoms. The lowest BCUT2D eigenvalue weighted by Gasteiger charge is -2.21. The summed E-state index contributed by atoms with van der Waals surface area (Å²) in [5.74, 6) is 0. The number of aliphatic hydroxyl groups excluding tert-OH is 1. The van der Waals surface area contributed by atoms with Gasteiger partial charge in [0.25, 0.3) is 0 Å². The van der Waals surface area contributed by atoms with E-state index in [4.69, 9.17) is 5.11 Å². The Bertz CT molecular complexity index is 83.7. The summed E-state index contributed by atoms with van der Waals surface area (Å²) in [6.45, 7) is 5.27. The molecule has 10 heavy (non-hydrogen) atoms. The van der Waals surface area contributed by atoms with Gasteiger partial charge in [0.2, 0.25) is 0 Å². The zero-order chi connectivity index (χ0) is 8.15. The van der Waals surface area contributed by atoms with E-state index in [-0.39, 0.29) is 0 Å². The van der Waals surface area contributed by atoms with E-state index in [9.17, 15) is 0 Å². The third kappa shape index (κ3) is 4.73. The van der Waals surface area contributed by atoms with Crippen LogP contribution in [0.1, 0.15) is 0 Å². The average Bonchev–Trinajstić information content (AvgIpc) is 1.82. The fourth-order valence-corrected chi connectivity index (χ4v) is 0.507. The van der Waals surface area contributed by atoms with E-state index in [1.165, 1.54) is 0 Å². The maximum Gasteiger partial charge on any atom is 0.107 e. The third-order valence-corrected chi connectivity index (χ3v) is 1.41. The van der Waals surface area contributed by atoms with Crippen molar-refractivity contribution in [3.63, 3.8) is 0 Å². The fourth-order valence-electron chi connectivity index (χ4n) is 0.507. The van der Waals surface area contributed by atoms with Crippen molar-refractivity contribution < 1.29 is 5.11 Å². The topological polar surface area (TPSA) is 26.7 Å². The van der Waals surface area contributed by atoms with Crippen molar-refractivity contribution in [3.8, 4) is 0 Å². The first-order valence-electron chi connectivity index (χ1n) is 3.40. The van der Waals surface area contributed by atoms with E-state index in [2.05, 4.69) is 11.8 Å². The van der Waals surface area contributed by atoms with E-state index in [0.29, 0.717) is 0 Å². The van der Waals surface area contributed by atoms with Crippen LogP contribution in [0, 0.1) is 6.92 Å². The summed E-state index contributed by atoms with van der Waals surface area (Å²) in [7, 11) is 5.85. The minimum atomic E-state index is -0.583. The Kier molecular flexibility index (Phi) is 4.60. The molecule has 0 aliphatic heterocycles. The number of rotatable bonds is 4. The predicted molar refractivity (Wildman–Crippen MR) is 42.5 cm³/mol. The Morgan fingerprint density at radius 1 is 1.30 bits per heavy atom. The molecule has 1 N–H and O–H groups in total. The Morgan fingerprint density at radius 2 is 1.80 bits per heavy atom. The standard InChI is InChI=1S/C7H17N2O/c1-7(10)9(4)6-5-8(2)3/h7,10H,1,5-6H2,2-4H3. The molecule has 1 atom stereocenters. The molecular formula is C7H17N2O. The summed E-state index contributed by atoms with van der Waals surface area (Å²) < 4.78 is 0. The zero-order valence-corrected chi connectivity index (χ0v) is 7.04. The first-order valence-corrected chi connectivity index (χ1v) is 3.40. The lowest BCUT2D eigenvalue weighted by molar-refractivity contribution is 0.0560. The molecule has 0 saturated carbocycles. The second-order valence-corrected chi connectivity index (χ2v) is 2.76. The molecule has 0 saturated heterocycles. The molecule has 0 aromatic carbocycles. The number of aliphatic hydroxyl groups is 1. The largest absolute Gasteiger partial charge is 0.378 e. The van der Waals surface area contributed by atoms with Crippen molar-refractivity contribution in [2.45, 2.75) is 6.23 Å². The molecule has 0 aromatic heterocycles. The van der Waals surface area contributed by atoms with Crippen LogP contribution in [-0.2, 0) is 0 Å².